The standard InChI is InChI=1S/C14H18O2/c1-10-4-3-5-13(10)11-6-8-12(9-7-11)14(15)16-2/h6-10,13H,3-5H2,1-2H3/t10-,13?/m0/s1. The number of carbonyl (C=O) groups is 1. The van der Waals surface area contributed by atoms with Gasteiger partial charge in [0.25, 0.3) is 0 Å². The molecular weight excluding hydrogens is 200 g/mol. The van der Waals surface area contributed by atoms with E-state index in [1.165, 1.54) is 31.9 Å². The van der Waals surface area contributed by atoms with Gasteiger partial charge in [-0.05, 0) is 36.0 Å². The molecule has 0 radical (unpaired) electrons. The smallest absolute Gasteiger partial charge is 0.337 e. The van der Waals surface area contributed by atoms with Gasteiger partial charge in [-0.25, -0.2) is 4.79 Å². The van der Waals surface area contributed by atoms with Crippen LogP contribution >= 0.6 is 0 Å². The monoisotopic (exact) mass is 218 g/mol. The SMILES string of the molecule is COC(=O)c1ccc(C2CCC[C@@H]2C)cc1. The van der Waals surface area contributed by atoms with Gasteiger partial charge in [-0.15, -0.1) is 0 Å². The molecule has 0 aromatic heterocycles. The van der Waals surface area contributed by atoms with E-state index in [2.05, 4.69) is 23.8 Å². The van der Waals surface area contributed by atoms with Crippen molar-refractivity contribution in [2.24, 2.45) is 5.92 Å². The molecule has 1 aliphatic carbocycles. The summed E-state index contributed by atoms with van der Waals surface area (Å²) < 4.78 is 4.68. The number of carbonyl (C=O) groups excluding carboxylic acids is 1. The number of hydrogen-bond acceptors (Lipinski definition) is 2. The molecule has 2 nitrogen and oxygen atoms in total. The minimum Gasteiger partial charge on any atom is -0.465 e. The predicted octanol–water partition coefficient (Wildman–Crippen LogP) is 3.38. The maximum Gasteiger partial charge on any atom is 0.337 e. The van der Waals surface area contributed by atoms with Gasteiger partial charge in [0.15, 0.2) is 0 Å². The van der Waals surface area contributed by atoms with Crippen LogP contribution in [0.4, 0.5) is 0 Å². The first kappa shape index (κ1) is 11.2. The first-order valence-corrected chi connectivity index (χ1v) is 5.90. The van der Waals surface area contributed by atoms with Crippen LogP contribution in [0.25, 0.3) is 0 Å². The third-order valence-electron chi connectivity index (χ3n) is 3.62. The van der Waals surface area contributed by atoms with Crippen molar-refractivity contribution >= 4 is 5.97 Å². The van der Waals surface area contributed by atoms with Crippen molar-refractivity contribution in [2.75, 3.05) is 7.11 Å². The number of ether oxygens (including phenoxy) is 1. The normalized spacial score (nSPS) is 24.4. The van der Waals surface area contributed by atoms with E-state index < -0.39 is 0 Å². The molecule has 1 aromatic carbocycles. The van der Waals surface area contributed by atoms with Crippen molar-refractivity contribution in [1.82, 2.24) is 0 Å². The maximum atomic E-state index is 11.3. The van der Waals surface area contributed by atoms with E-state index in [0.29, 0.717) is 11.5 Å². The van der Waals surface area contributed by atoms with Gasteiger partial charge in [-0.3, -0.25) is 0 Å². The molecule has 1 unspecified atom stereocenters. The van der Waals surface area contributed by atoms with Crippen LogP contribution in [0.2, 0.25) is 0 Å². The average Bonchev–Trinajstić information content (AvgIpc) is 2.75. The molecule has 2 heteroatoms. The highest BCUT2D eigenvalue weighted by molar-refractivity contribution is 5.89. The van der Waals surface area contributed by atoms with Crippen molar-refractivity contribution < 1.29 is 9.53 Å². The molecule has 0 spiro atoms. The highest BCUT2D eigenvalue weighted by Crippen LogP contribution is 2.39. The largest absolute Gasteiger partial charge is 0.465 e. The molecule has 1 aromatic rings. The molecular formula is C14H18O2. The van der Waals surface area contributed by atoms with E-state index in [9.17, 15) is 4.79 Å². The van der Waals surface area contributed by atoms with E-state index >= 15 is 0 Å². The van der Waals surface area contributed by atoms with Crippen molar-refractivity contribution in [3.05, 3.63) is 35.4 Å². The van der Waals surface area contributed by atoms with Crippen LogP contribution in [0.1, 0.15) is 48.0 Å². The molecule has 16 heavy (non-hydrogen) atoms. The van der Waals surface area contributed by atoms with E-state index in [1.807, 2.05) is 12.1 Å². The zero-order valence-electron chi connectivity index (χ0n) is 9.90. The molecule has 2 atom stereocenters. The maximum absolute atomic E-state index is 11.3. The van der Waals surface area contributed by atoms with E-state index in [0.717, 1.165) is 5.92 Å². The first-order chi connectivity index (χ1) is 7.72. The van der Waals surface area contributed by atoms with Gasteiger partial charge >= 0.3 is 5.97 Å². The van der Waals surface area contributed by atoms with E-state index in [1.54, 1.807) is 0 Å². The van der Waals surface area contributed by atoms with Gasteiger partial charge in [-0.2, -0.15) is 0 Å². The van der Waals surface area contributed by atoms with Crippen LogP contribution in [0.15, 0.2) is 24.3 Å². The van der Waals surface area contributed by atoms with Gasteiger partial charge in [0.05, 0.1) is 12.7 Å². The topological polar surface area (TPSA) is 26.3 Å². The Hall–Kier alpha value is -1.31. The Bertz CT molecular complexity index is 367. The second kappa shape index (κ2) is 4.69. The second-order valence-electron chi connectivity index (χ2n) is 4.63. The van der Waals surface area contributed by atoms with Gasteiger partial charge < -0.3 is 4.74 Å². The minimum atomic E-state index is -0.258. The predicted molar refractivity (Wildman–Crippen MR) is 63.5 cm³/mol. The fraction of sp³-hybridized carbons (Fsp3) is 0.500. The van der Waals surface area contributed by atoms with Gasteiger partial charge in [-0.1, -0.05) is 31.9 Å². The zero-order valence-corrected chi connectivity index (χ0v) is 9.90. The minimum absolute atomic E-state index is 0.258. The Morgan fingerprint density at radius 1 is 1.25 bits per heavy atom. The Morgan fingerprint density at radius 3 is 2.44 bits per heavy atom. The molecule has 0 heterocycles. The number of benzene rings is 1. The lowest BCUT2D eigenvalue weighted by Gasteiger charge is -2.15. The summed E-state index contributed by atoms with van der Waals surface area (Å²) in [5.41, 5.74) is 1.99. The summed E-state index contributed by atoms with van der Waals surface area (Å²) in [5.74, 6) is 1.18. The summed E-state index contributed by atoms with van der Waals surface area (Å²) in [6, 6.07) is 7.87. The summed E-state index contributed by atoms with van der Waals surface area (Å²) in [4.78, 5) is 11.3. The molecule has 0 aliphatic heterocycles. The van der Waals surface area contributed by atoms with Crippen LogP contribution < -0.4 is 0 Å². The van der Waals surface area contributed by atoms with Crippen LogP contribution in [-0.2, 0) is 4.74 Å². The fourth-order valence-corrected chi connectivity index (χ4v) is 2.62. The summed E-state index contributed by atoms with van der Waals surface area (Å²) in [6.45, 7) is 2.31. The molecule has 2 rings (SSSR count). The fourth-order valence-electron chi connectivity index (χ4n) is 2.62. The number of methoxy groups -OCH3 is 1. The zero-order chi connectivity index (χ0) is 11.5. The van der Waals surface area contributed by atoms with Crippen molar-refractivity contribution in [1.29, 1.82) is 0 Å². The Balaban J connectivity index is 2.16. The molecule has 0 saturated heterocycles. The van der Waals surface area contributed by atoms with Crippen LogP contribution in [0, 0.1) is 5.92 Å². The average molecular weight is 218 g/mol. The second-order valence-corrected chi connectivity index (χ2v) is 4.63. The van der Waals surface area contributed by atoms with E-state index in [4.69, 9.17) is 0 Å². The van der Waals surface area contributed by atoms with Gasteiger partial charge in [0.1, 0.15) is 0 Å². The van der Waals surface area contributed by atoms with Crippen molar-refractivity contribution in [3.8, 4) is 0 Å². The number of rotatable bonds is 2. The van der Waals surface area contributed by atoms with Gasteiger partial charge in [0.2, 0.25) is 0 Å². The summed E-state index contributed by atoms with van der Waals surface area (Å²) in [5, 5.41) is 0. The molecule has 1 aliphatic rings. The summed E-state index contributed by atoms with van der Waals surface area (Å²) in [7, 11) is 1.41. The molecule has 0 N–H and O–H groups in total. The van der Waals surface area contributed by atoms with Crippen molar-refractivity contribution in [2.45, 2.75) is 32.1 Å². The Morgan fingerprint density at radius 2 is 1.94 bits per heavy atom. The molecule has 86 valence electrons. The molecule has 0 amide bonds. The summed E-state index contributed by atoms with van der Waals surface area (Å²) >= 11 is 0. The summed E-state index contributed by atoms with van der Waals surface area (Å²) in [6.07, 6.45) is 3.92. The lowest BCUT2D eigenvalue weighted by Crippen LogP contribution is -2.04. The lowest BCUT2D eigenvalue weighted by atomic mass is 9.90. The lowest BCUT2D eigenvalue weighted by molar-refractivity contribution is 0.0600. The van der Waals surface area contributed by atoms with E-state index in [-0.39, 0.29) is 5.97 Å². The quantitative estimate of drug-likeness (QED) is 0.711. The Labute approximate surface area is 96.6 Å². The van der Waals surface area contributed by atoms with Crippen LogP contribution in [0.3, 0.4) is 0 Å². The number of esters is 1. The highest BCUT2D eigenvalue weighted by atomic mass is 16.5. The highest BCUT2D eigenvalue weighted by Gasteiger charge is 2.24. The molecule has 1 fully saturated rings. The number of hydrogen-bond donors (Lipinski definition) is 0. The molecule has 0 bridgehead atoms. The molecule has 1 saturated carbocycles. The van der Waals surface area contributed by atoms with Gasteiger partial charge in [0, 0.05) is 0 Å². The Kier molecular flexibility index (Phi) is 3.28. The van der Waals surface area contributed by atoms with Crippen LogP contribution in [0.5, 0.6) is 0 Å². The first-order valence-electron chi connectivity index (χ1n) is 5.90. The van der Waals surface area contributed by atoms with Crippen LogP contribution in [-0.4, -0.2) is 13.1 Å². The van der Waals surface area contributed by atoms with Crippen molar-refractivity contribution in [3.63, 3.8) is 0 Å². The third kappa shape index (κ3) is 2.11. The third-order valence-corrected chi connectivity index (χ3v) is 3.62.